The molecule has 1 amide bonds. The van der Waals surface area contributed by atoms with Crippen LogP contribution in [0.5, 0.6) is 0 Å². The van der Waals surface area contributed by atoms with E-state index in [-0.39, 0.29) is 13.0 Å². The molecule has 5 nitrogen and oxygen atoms in total. The zero-order valence-corrected chi connectivity index (χ0v) is 11.3. The first-order valence-corrected chi connectivity index (χ1v) is 6.80. The SMILES string of the molecule is O=C(O)CC1(NC(=O)OCc2ccccc2)CCCC1. The van der Waals surface area contributed by atoms with Crippen molar-refractivity contribution in [1.82, 2.24) is 5.32 Å². The molecular formula is C15H19NO4. The highest BCUT2D eigenvalue weighted by molar-refractivity contribution is 5.72. The van der Waals surface area contributed by atoms with Crippen LogP contribution in [0.25, 0.3) is 0 Å². The van der Waals surface area contributed by atoms with Crippen molar-refractivity contribution in [3.05, 3.63) is 35.9 Å². The van der Waals surface area contributed by atoms with Crippen molar-refractivity contribution in [2.75, 3.05) is 0 Å². The molecule has 1 saturated carbocycles. The Morgan fingerprint density at radius 2 is 1.85 bits per heavy atom. The van der Waals surface area contributed by atoms with Gasteiger partial charge in [-0.1, -0.05) is 43.2 Å². The van der Waals surface area contributed by atoms with Crippen LogP contribution in [0.4, 0.5) is 4.79 Å². The molecule has 1 aliphatic rings. The molecule has 0 heterocycles. The lowest BCUT2D eigenvalue weighted by Gasteiger charge is -2.28. The summed E-state index contributed by atoms with van der Waals surface area (Å²) in [6, 6.07) is 9.38. The van der Waals surface area contributed by atoms with Gasteiger partial charge in [-0.2, -0.15) is 0 Å². The van der Waals surface area contributed by atoms with Crippen LogP contribution in [0.15, 0.2) is 30.3 Å². The Morgan fingerprint density at radius 3 is 2.45 bits per heavy atom. The van der Waals surface area contributed by atoms with E-state index in [1.165, 1.54) is 0 Å². The number of hydrogen-bond acceptors (Lipinski definition) is 3. The summed E-state index contributed by atoms with van der Waals surface area (Å²) in [6.07, 6.45) is 2.67. The molecule has 0 saturated heterocycles. The Labute approximate surface area is 117 Å². The summed E-state index contributed by atoms with van der Waals surface area (Å²) in [4.78, 5) is 22.8. The molecule has 1 fully saturated rings. The Bertz CT molecular complexity index is 466. The summed E-state index contributed by atoms with van der Waals surface area (Å²) in [7, 11) is 0. The van der Waals surface area contributed by atoms with Gasteiger partial charge in [-0.05, 0) is 18.4 Å². The third-order valence-corrected chi connectivity index (χ3v) is 3.63. The second-order valence-corrected chi connectivity index (χ2v) is 5.24. The van der Waals surface area contributed by atoms with Crippen molar-refractivity contribution < 1.29 is 19.4 Å². The molecule has 20 heavy (non-hydrogen) atoms. The fourth-order valence-corrected chi connectivity index (χ4v) is 2.66. The van der Waals surface area contributed by atoms with E-state index in [9.17, 15) is 9.59 Å². The average molecular weight is 277 g/mol. The Hall–Kier alpha value is -2.04. The lowest BCUT2D eigenvalue weighted by Crippen LogP contribution is -2.47. The summed E-state index contributed by atoms with van der Waals surface area (Å²) < 4.78 is 5.15. The van der Waals surface area contributed by atoms with E-state index in [4.69, 9.17) is 9.84 Å². The molecule has 0 aromatic heterocycles. The molecule has 2 rings (SSSR count). The molecule has 0 bridgehead atoms. The number of nitrogens with one attached hydrogen (secondary N) is 1. The normalized spacial score (nSPS) is 16.6. The highest BCUT2D eigenvalue weighted by Gasteiger charge is 2.37. The molecular weight excluding hydrogens is 258 g/mol. The van der Waals surface area contributed by atoms with Gasteiger partial charge >= 0.3 is 12.1 Å². The van der Waals surface area contributed by atoms with Crippen LogP contribution in [0.2, 0.25) is 0 Å². The lowest BCUT2D eigenvalue weighted by molar-refractivity contribution is -0.138. The van der Waals surface area contributed by atoms with Crippen LogP contribution in [-0.2, 0) is 16.1 Å². The Balaban J connectivity index is 1.87. The lowest BCUT2D eigenvalue weighted by atomic mass is 9.93. The van der Waals surface area contributed by atoms with Gasteiger partial charge in [0.05, 0.1) is 12.0 Å². The quantitative estimate of drug-likeness (QED) is 0.867. The second-order valence-electron chi connectivity index (χ2n) is 5.24. The maximum Gasteiger partial charge on any atom is 0.407 e. The van der Waals surface area contributed by atoms with Crippen LogP contribution in [0.3, 0.4) is 0 Å². The van der Waals surface area contributed by atoms with E-state index in [1.54, 1.807) is 0 Å². The molecule has 0 radical (unpaired) electrons. The standard InChI is InChI=1S/C15H19NO4/c17-13(18)10-15(8-4-5-9-15)16-14(19)20-11-12-6-2-1-3-7-12/h1-3,6-7H,4-5,8-11H2,(H,16,19)(H,17,18). The summed E-state index contributed by atoms with van der Waals surface area (Å²) in [5, 5.41) is 11.7. The van der Waals surface area contributed by atoms with E-state index in [0.29, 0.717) is 12.8 Å². The molecule has 5 heteroatoms. The number of carboxylic acid groups (broad SMARTS) is 1. The van der Waals surface area contributed by atoms with E-state index in [0.717, 1.165) is 18.4 Å². The molecule has 0 aliphatic heterocycles. The van der Waals surface area contributed by atoms with Crippen LogP contribution in [0, 0.1) is 0 Å². The summed E-state index contributed by atoms with van der Waals surface area (Å²) in [6.45, 7) is 0.190. The van der Waals surface area contributed by atoms with Crippen LogP contribution >= 0.6 is 0 Å². The fourth-order valence-electron chi connectivity index (χ4n) is 2.66. The maximum atomic E-state index is 11.8. The first-order chi connectivity index (χ1) is 9.60. The van der Waals surface area contributed by atoms with Crippen molar-refractivity contribution in [3.8, 4) is 0 Å². The number of rotatable bonds is 5. The van der Waals surface area contributed by atoms with Crippen LogP contribution in [-0.4, -0.2) is 22.7 Å². The molecule has 2 N–H and O–H groups in total. The number of ether oxygens (including phenoxy) is 1. The predicted octanol–water partition coefficient (Wildman–Crippen LogP) is 2.70. The first kappa shape index (κ1) is 14.4. The monoisotopic (exact) mass is 277 g/mol. The number of carbonyl (C=O) groups excluding carboxylic acids is 1. The van der Waals surface area contributed by atoms with Crippen molar-refractivity contribution in [3.63, 3.8) is 0 Å². The average Bonchev–Trinajstić information content (AvgIpc) is 2.85. The van der Waals surface area contributed by atoms with Gasteiger partial charge in [0.15, 0.2) is 0 Å². The third-order valence-electron chi connectivity index (χ3n) is 3.63. The minimum atomic E-state index is -0.893. The predicted molar refractivity (Wildman–Crippen MR) is 73.2 cm³/mol. The number of alkyl carbamates (subject to hydrolysis) is 1. The second kappa shape index (κ2) is 6.41. The molecule has 0 atom stereocenters. The van der Waals surface area contributed by atoms with Gasteiger partial charge in [0.2, 0.25) is 0 Å². The summed E-state index contributed by atoms with van der Waals surface area (Å²) in [5.74, 6) is -0.893. The molecule has 108 valence electrons. The fraction of sp³-hybridized carbons (Fsp3) is 0.467. The number of hydrogen-bond donors (Lipinski definition) is 2. The molecule has 1 aromatic rings. The van der Waals surface area contributed by atoms with Crippen LogP contribution in [0.1, 0.15) is 37.7 Å². The summed E-state index contributed by atoms with van der Waals surface area (Å²) in [5.41, 5.74) is 0.265. The zero-order valence-electron chi connectivity index (χ0n) is 11.3. The zero-order chi connectivity index (χ0) is 14.4. The largest absolute Gasteiger partial charge is 0.481 e. The number of amides is 1. The minimum Gasteiger partial charge on any atom is -0.481 e. The third kappa shape index (κ3) is 3.98. The highest BCUT2D eigenvalue weighted by atomic mass is 16.5. The van der Waals surface area contributed by atoms with E-state index in [1.807, 2.05) is 30.3 Å². The first-order valence-electron chi connectivity index (χ1n) is 6.80. The topological polar surface area (TPSA) is 75.6 Å². The van der Waals surface area contributed by atoms with E-state index < -0.39 is 17.6 Å². The number of benzene rings is 1. The van der Waals surface area contributed by atoms with E-state index >= 15 is 0 Å². The van der Waals surface area contributed by atoms with Gasteiger partial charge in [-0.3, -0.25) is 4.79 Å². The molecule has 1 aromatic carbocycles. The van der Waals surface area contributed by atoms with Crippen molar-refractivity contribution in [1.29, 1.82) is 0 Å². The Morgan fingerprint density at radius 1 is 1.20 bits per heavy atom. The van der Waals surface area contributed by atoms with E-state index in [2.05, 4.69) is 5.32 Å². The van der Waals surface area contributed by atoms with Gasteiger partial charge in [-0.25, -0.2) is 4.79 Å². The number of aliphatic carboxylic acids is 1. The van der Waals surface area contributed by atoms with Crippen LogP contribution < -0.4 is 5.32 Å². The van der Waals surface area contributed by atoms with Gasteiger partial charge in [0.1, 0.15) is 6.61 Å². The molecule has 0 unspecified atom stereocenters. The van der Waals surface area contributed by atoms with Gasteiger partial charge < -0.3 is 15.2 Å². The van der Waals surface area contributed by atoms with Crippen molar-refractivity contribution >= 4 is 12.1 Å². The van der Waals surface area contributed by atoms with Gasteiger partial charge in [0, 0.05) is 0 Å². The summed E-state index contributed by atoms with van der Waals surface area (Å²) >= 11 is 0. The molecule has 0 spiro atoms. The molecule has 1 aliphatic carbocycles. The Kier molecular flexibility index (Phi) is 4.61. The highest BCUT2D eigenvalue weighted by Crippen LogP contribution is 2.32. The number of carboxylic acids is 1. The number of carbonyl (C=O) groups is 2. The van der Waals surface area contributed by atoms with Crippen molar-refractivity contribution in [2.45, 2.75) is 44.2 Å². The van der Waals surface area contributed by atoms with Crippen molar-refractivity contribution in [2.24, 2.45) is 0 Å². The minimum absolute atomic E-state index is 0.0482. The maximum absolute atomic E-state index is 11.8. The van der Waals surface area contributed by atoms with Gasteiger partial charge in [0.25, 0.3) is 0 Å². The smallest absolute Gasteiger partial charge is 0.407 e. The van der Waals surface area contributed by atoms with Gasteiger partial charge in [-0.15, -0.1) is 0 Å².